The predicted molar refractivity (Wildman–Crippen MR) is 68.9 cm³/mol. The number of hydrogen-bond donors (Lipinski definition) is 0. The van der Waals surface area contributed by atoms with Gasteiger partial charge in [-0.05, 0) is 0 Å². The second-order valence-electron chi connectivity index (χ2n) is 5.85. The molecular weight excluding hydrogens is 296 g/mol. The molecule has 0 N–H and O–H groups in total. The van der Waals surface area contributed by atoms with Crippen molar-refractivity contribution in [3.8, 4) is 0 Å². The van der Waals surface area contributed by atoms with E-state index in [0.717, 1.165) is 0 Å². The van der Waals surface area contributed by atoms with Crippen molar-refractivity contribution in [2.75, 3.05) is 28.2 Å². The third kappa shape index (κ3) is 1.63. The summed E-state index contributed by atoms with van der Waals surface area (Å²) in [5.41, 5.74) is 0. The molecule has 0 aromatic rings. The third-order valence-electron chi connectivity index (χ3n) is 4.54. The summed E-state index contributed by atoms with van der Waals surface area (Å²) in [6, 6.07) is -0.327. The standard InChI is InChI=1S/C12H18N4O6/c1-13-5-6(14(2)11(13)17)20-9(19-5)10-21-7-8(22-10)16(4)12(18)15(7)3/h5-10H,1-4H3/t5-,6+,7-,8+,9?,10?. The fraction of sp³-hybridized carbons (Fsp3) is 0.833. The topological polar surface area (TPSA) is 84.0 Å². The van der Waals surface area contributed by atoms with Gasteiger partial charge in [0.25, 0.3) is 0 Å². The minimum atomic E-state index is -0.754. The largest absolute Gasteiger partial charge is 0.323 e. The van der Waals surface area contributed by atoms with Gasteiger partial charge >= 0.3 is 12.1 Å². The van der Waals surface area contributed by atoms with Crippen LogP contribution >= 0.6 is 0 Å². The van der Waals surface area contributed by atoms with Gasteiger partial charge in [0.15, 0.2) is 24.9 Å². The summed E-state index contributed by atoms with van der Waals surface area (Å²) in [6.07, 6.45) is -3.48. The lowest BCUT2D eigenvalue weighted by Gasteiger charge is -2.24. The van der Waals surface area contributed by atoms with Gasteiger partial charge in [-0.2, -0.15) is 0 Å². The van der Waals surface area contributed by atoms with Crippen LogP contribution in [0.4, 0.5) is 9.59 Å². The first-order valence-corrected chi connectivity index (χ1v) is 7.01. The molecule has 0 bridgehead atoms. The van der Waals surface area contributed by atoms with Crippen LogP contribution in [-0.2, 0) is 18.9 Å². The Morgan fingerprint density at radius 3 is 1.05 bits per heavy atom. The number of hydrogen-bond acceptors (Lipinski definition) is 6. The fourth-order valence-corrected chi connectivity index (χ4v) is 3.20. The zero-order valence-corrected chi connectivity index (χ0v) is 12.7. The number of carbonyl (C=O) groups excluding carboxylic acids is 2. The molecule has 4 aliphatic heterocycles. The first-order chi connectivity index (χ1) is 10.4. The van der Waals surface area contributed by atoms with Crippen molar-refractivity contribution in [2.45, 2.75) is 37.5 Å². The van der Waals surface area contributed by atoms with Crippen LogP contribution in [0.2, 0.25) is 0 Å². The Hall–Kier alpha value is -1.62. The lowest BCUT2D eigenvalue weighted by Crippen LogP contribution is -2.40. The number of fused-ring (bicyclic) bond motifs is 2. The highest BCUT2D eigenvalue weighted by molar-refractivity contribution is 5.77. The normalized spacial score (nSPS) is 44.4. The van der Waals surface area contributed by atoms with Crippen molar-refractivity contribution in [3.63, 3.8) is 0 Å². The molecule has 0 spiro atoms. The van der Waals surface area contributed by atoms with Crippen LogP contribution in [0.3, 0.4) is 0 Å². The van der Waals surface area contributed by atoms with E-state index in [-0.39, 0.29) is 12.1 Å². The Morgan fingerprint density at radius 2 is 0.818 bits per heavy atom. The summed E-state index contributed by atoms with van der Waals surface area (Å²) in [4.78, 5) is 29.5. The molecule has 6 atom stereocenters. The van der Waals surface area contributed by atoms with Crippen LogP contribution in [0, 0.1) is 0 Å². The number of amides is 4. The summed E-state index contributed by atoms with van der Waals surface area (Å²) in [6.45, 7) is 0. The highest BCUT2D eigenvalue weighted by Gasteiger charge is 2.58. The number of carbonyl (C=O) groups is 2. The van der Waals surface area contributed by atoms with Crippen LogP contribution in [0.15, 0.2) is 0 Å². The van der Waals surface area contributed by atoms with E-state index in [4.69, 9.17) is 18.9 Å². The number of likely N-dealkylation sites (N-methyl/N-ethyl adjacent to an activating group) is 4. The van der Waals surface area contributed by atoms with Gasteiger partial charge < -0.3 is 18.9 Å². The molecular formula is C12H18N4O6. The van der Waals surface area contributed by atoms with Crippen molar-refractivity contribution in [2.24, 2.45) is 0 Å². The van der Waals surface area contributed by atoms with E-state index >= 15 is 0 Å². The van der Waals surface area contributed by atoms with Crippen LogP contribution < -0.4 is 0 Å². The average molecular weight is 314 g/mol. The van der Waals surface area contributed by atoms with Gasteiger partial charge in [-0.15, -0.1) is 0 Å². The summed E-state index contributed by atoms with van der Waals surface area (Å²) < 4.78 is 23.0. The Labute approximate surface area is 127 Å². The molecule has 4 aliphatic rings. The van der Waals surface area contributed by atoms with E-state index in [1.807, 2.05) is 0 Å². The van der Waals surface area contributed by atoms with E-state index in [1.165, 1.54) is 19.6 Å². The molecule has 4 amide bonds. The number of urea groups is 2. The van der Waals surface area contributed by atoms with E-state index in [9.17, 15) is 9.59 Å². The van der Waals surface area contributed by atoms with Gasteiger partial charge in [0.05, 0.1) is 0 Å². The monoisotopic (exact) mass is 314 g/mol. The van der Waals surface area contributed by atoms with Crippen LogP contribution in [0.5, 0.6) is 0 Å². The molecule has 22 heavy (non-hydrogen) atoms. The average Bonchev–Trinajstić information content (AvgIpc) is 3.21. The highest BCUT2D eigenvalue weighted by Crippen LogP contribution is 2.37. The zero-order valence-electron chi connectivity index (χ0n) is 12.7. The minimum absolute atomic E-state index is 0.163. The van der Waals surface area contributed by atoms with E-state index < -0.39 is 37.5 Å². The van der Waals surface area contributed by atoms with Crippen molar-refractivity contribution >= 4 is 12.1 Å². The lowest BCUT2D eigenvalue weighted by atomic mass is 10.5. The fourth-order valence-electron chi connectivity index (χ4n) is 3.20. The predicted octanol–water partition coefficient (Wildman–Crippen LogP) is -0.969. The van der Waals surface area contributed by atoms with E-state index in [2.05, 4.69) is 0 Å². The Balaban J connectivity index is 1.46. The quantitative estimate of drug-likeness (QED) is 0.619. The Bertz CT molecular complexity index is 446. The summed E-state index contributed by atoms with van der Waals surface area (Å²) in [7, 11) is 6.61. The lowest BCUT2D eigenvalue weighted by molar-refractivity contribution is -0.240. The van der Waals surface area contributed by atoms with Gasteiger partial charge in [-0.1, -0.05) is 0 Å². The third-order valence-corrected chi connectivity index (χ3v) is 4.54. The van der Waals surface area contributed by atoms with Crippen LogP contribution in [0.25, 0.3) is 0 Å². The summed E-state index contributed by atoms with van der Waals surface area (Å²) >= 11 is 0. The molecule has 2 unspecified atom stereocenters. The molecule has 10 nitrogen and oxygen atoms in total. The Kier molecular flexibility index (Phi) is 2.83. The van der Waals surface area contributed by atoms with E-state index in [0.29, 0.717) is 0 Å². The van der Waals surface area contributed by atoms with E-state index in [1.54, 1.807) is 28.2 Å². The first kappa shape index (κ1) is 14.0. The van der Waals surface area contributed by atoms with Crippen molar-refractivity contribution in [1.82, 2.24) is 19.6 Å². The maximum Gasteiger partial charge on any atom is 0.323 e. The van der Waals surface area contributed by atoms with Gasteiger partial charge in [0, 0.05) is 28.2 Å². The second-order valence-corrected chi connectivity index (χ2v) is 5.85. The van der Waals surface area contributed by atoms with Crippen LogP contribution in [-0.4, -0.2) is 97.3 Å². The zero-order chi connectivity index (χ0) is 15.8. The van der Waals surface area contributed by atoms with Gasteiger partial charge in [-0.3, -0.25) is 19.6 Å². The molecule has 4 saturated heterocycles. The molecule has 4 rings (SSSR count). The number of rotatable bonds is 1. The second kappa shape index (κ2) is 4.44. The number of nitrogens with zero attached hydrogens (tertiary/aromatic N) is 4. The molecule has 0 saturated carbocycles. The van der Waals surface area contributed by atoms with Gasteiger partial charge in [0.1, 0.15) is 0 Å². The summed E-state index contributed by atoms with van der Waals surface area (Å²) in [5.74, 6) is 0. The highest BCUT2D eigenvalue weighted by atomic mass is 16.8. The molecule has 4 heterocycles. The molecule has 122 valence electrons. The van der Waals surface area contributed by atoms with Gasteiger partial charge in [0.2, 0.25) is 12.6 Å². The van der Waals surface area contributed by atoms with Crippen molar-refractivity contribution in [1.29, 1.82) is 0 Å². The molecule has 0 aliphatic carbocycles. The molecule has 4 fully saturated rings. The maximum atomic E-state index is 11.8. The maximum absolute atomic E-state index is 11.8. The molecule has 10 heteroatoms. The molecule has 0 aromatic carbocycles. The Morgan fingerprint density at radius 1 is 0.591 bits per heavy atom. The smallest absolute Gasteiger partial charge is 0.319 e. The SMILES string of the molecule is CN1C(=O)N(C)[C@H]2OC(C3O[C@@H]4[C@H](O3)N(C)C(=O)N4C)O[C@H]21. The number of ether oxygens (including phenoxy) is 4. The molecule has 0 aromatic heterocycles. The first-order valence-electron chi connectivity index (χ1n) is 7.01. The molecule has 0 radical (unpaired) electrons. The summed E-state index contributed by atoms with van der Waals surface area (Å²) in [5, 5.41) is 0. The van der Waals surface area contributed by atoms with Crippen LogP contribution in [0.1, 0.15) is 0 Å². The van der Waals surface area contributed by atoms with Gasteiger partial charge in [-0.25, -0.2) is 9.59 Å². The minimum Gasteiger partial charge on any atom is -0.319 e. The van der Waals surface area contributed by atoms with Crippen molar-refractivity contribution < 1.29 is 28.5 Å². The van der Waals surface area contributed by atoms with Crippen molar-refractivity contribution in [3.05, 3.63) is 0 Å².